The first-order valence-electron chi connectivity index (χ1n) is 7.54. The molecule has 114 valence electrons. The third kappa shape index (κ3) is 2.91. The molecule has 2 aromatic carbocycles. The summed E-state index contributed by atoms with van der Waals surface area (Å²) in [5.41, 5.74) is 9.59. The standard InChI is InChI=1S/C18H21N3O/c1-11(2)13-4-7-15(8-5-13)20-18-12(3)22-17-10-14(19)6-9-16(17)21-18/h4-12H,19H2,1-3H3,(H,20,21). The number of benzene rings is 2. The molecule has 0 fully saturated rings. The average Bonchev–Trinajstić information content (AvgIpc) is 2.49. The second-order valence-electron chi connectivity index (χ2n) is 5.89. The van der Waals surface area contributed by atoms with Gasteiger partial charge in [-0.1, -0.05) is 26.0 Å². The minimum atomic E-state index is -0.140. The molecule has 2 aromatic rings. The van der Waals surface area contributed by atoms with Crippen LogP contribution in [0.1, 0.15) is 32.3 Å². The summed E-state index contributed by atoms with van der Waals surface area (Å²) in [6, 6.07) is 13.9. The Bertz CT molecular complexity index is 705. The summed E-state index contributed by atoms with van der Waals surface area (Å²) >= 11 is 0. The van der Waals surface area contributed by atoms with Gasteiger partial charge in [0, 0.05) is 17.4 Å². The zero-order valence-electron chi connectivity index (χ0n) is 13.1. The van der Waals surface area contributed by atoms with Gasteiger partial charge < -0.3 is 15.8 Å². The Morgan fingerprint density at radius 2 is 1.86 bits per heavy atom. The van der Waals surface area contributed by atoms with Gasteiger partial charge in [0.15, 0.2) is 6.10 Å². The van der Waals surface area contributed by atoms with Gasteiger partial charge in [-0.05, 0) is 42.7 Å². The molecule has 1 heterocycles. The van der Waals surface area contributed by atoms with E-state index in [1.165, 1.54) is 5.56 Å². The SMILES string of the molecule is CC1Oc2cc(N)ccc2N=C1Nc1ccc(C(C)C)cc1. The maximum Gasteiger partial charge on any atom is 0.153 e. The zero-order chi connectivity index (χ0) is 15.7. The molecule has 0 saturated carbocycles. The summed E-state index contributed by atoms with van der Waals surface area (Å²) in [7, 11) is 0. The molecule has 0 amide bonds. The predicted octanol–water partition coefficient (Wildman–Crippen LogP) is 4.32. The number of nitrogens with two attached hydrogens (primary N) is 1. The number of nitrogens with one attached hydrogen (secondary N) is 1. The highest BCUT2D eigenvalue weighted by atomic mass is 16.5. The van der Waals surface area contributed by atoms with E-state index < -0.39 is 0 Å². The van der Waals surface area contributed by atoms with Crippen LogP contribution in [0.15, 0.2) is 47.5 Å². The van der Waals surface area contributed by atoms with Gasteiger partial charge in [0.2, 0.25) is 0 Å². The zero-order valence-corrected chi connectivity index (χ0v) is 13.1. The second kappa shape index (κ2) is 5.72. The Morgan fingerprint density at radius 1 is 1.14 bits per heavy atom. The van der Waals surface area contributed by atoms with Crippen LogP contribution in [0.5, 0.6) is 5.75 Å². The number of amidine groups is 1. The number of nitrogens with zero attached hydrogens (tertiary/aromatic N) is 1. The van der Waals surface area contributed by atoms with E-state index in [0.29, 0.717) is 11.6 Å². The Labute approximate surface area is 131 Å². The van der Waals surface area contributed by atoms with Gasteiger partial charge >= 0.3 is 0 Å². The summed E-state index contributed by atoms with van der Waals surface area (Å²) in [6.45, 7) is 6.35. The third-order valence-corrected chi connectivity index (χ3v) is 3.76. The van der Waals surface area contributed by atoms with Crippen LogP contribution < -0.4 is 15.8 Å². The van der Waals surface area contributed by atoms with Crippen LogP contribution in [-0.4, -0.2) is 11.9 Å². The molecule has 22 heavy (non-hydrogen) atoms. The molecule has 1 aliphatic heterocycles. The van der Waals surface area contributed by atoms with E-state index in [9.17, 15) is 0 Å². The lowest BCUT2D eigenvalue weighted by Gasteiger charge is -2.24. The number of hydrogen-bond acceptors (Lipinski definition) is 4. The maximum atomic E-state index is 5.89. The van der Waals surface area contributed by atoms with Crippen molar-refractivity contribution < 1.29 is 4.74 Å². The first-order valence-corrected chi connectivity index (χ1v) is 7.54. The van der Waals surface area contributed by atoms with Crippen LogP contribution in [-0.2, 0) is 0 Å². The average molecular weight is 295 g/mol. The van der Waals surface area contributed by atoms with E-state index in [2.05, 4.69) is 48.4 Å². The molecule has 0 spiro atoms. The van der Waals surface area contributed by atoms with Crippen molar-refractivity contribution in [1.29, 1.82) is 0 Å². The van der Waals surface area contributed by atoms with Crippen LogP contribution in [0, 0.1) is 0 Å². The Balaban J connectivity index is 1.83. The normalized spacial score (nSPS) is 16.7. The molecule has 1 aliphatic rings. The molecule has 0 aromatic heterocycles. The van der Waals surface area contributed by atoms with Crippen LogP contribution in [0.2, 0.25) is 0 Å². The minimum absolute atomic E-state index is 0.140. The molecule has 1 unspecified atom stereocenters. The third-order valence-electron chi connectivity index (χ3n) is 3.76. The van der Waals surface area contributed by atoms with Gasteiger partial charge in [-0.3, -0.25) is 0 Å². The fourth-order valence-electron chi connectivity index (χ4n) is 2.41. The van der Waals surface area contributed by atoms with Crippen LogP contribution >= 0.6 is 0 Å². The molecular weight excluding hydrogens is 274 g/mol. The second-order valence-corrected chi connectivity index (χ2v) is 5.89. The number of rotatable bonds is 2. The number of nitrogen functional groups attached to an aromatic ring is 1. The van der Waals surface area contributed by atoms with Gasteiger partial charge in [-0.25, -0.2) is 4.99 Å². The van der Waals surface area contributed by atoms with Gasteiger partial charge in [0.25, 0.3) is 0 Å². The predicted molar refractivity (Wildman–Crippen MR) is 92.2 cm³/mol. The summed E-state index contributed by atoms with van der Waals surface area (Å²) in [4.78, 5) is 4.65. The lowest BCUT2D eigenvalue weighted by Crippen LogP contribution is -2.32. The molecule has 0 saturated heterocycles. The molecule has 1 atom stereocenters. The number of fused-ring (bicyclic) bond motifs is 1. The van der Waals surface area contributed by atoms with E-state index in [-0.39, 0.29) is 6.10 Å². The summed E-state index contributed by atoms with van der Waals surface area (Å²) < 4.78 is 5.89. The van der Waals surface area contributed by atoms with Crippen molar-refractivity contribution >= 4 is 22.9 Å². The number of aliphatic imine (C=N–C) groups is 1. The largest absolute Gasteiger partial charge is 0.480 e. The smallest absolute Gasteiger partial charge is 0.153 e. The van der Waals surface area contributed by atoms with Crippen molar-refractivity contribution in [3.63, 3.8) is 0 Å². The number of hydrogen-bond donors (Lipinski definition) is 2. The molecule has 0 aliphatic carbocycles. The van der Waals surface area contributed by atoms with Gasteiger partial charge in [-0.2, -0.15) is 0 Å². The number of anilines is 2. The lowest BCUT2D eigenvalue weighted by molar-refractivity contribution is 0.283. The number of ether oxygens (including phenoxy) is 1. The van der Waals surface area contributed by atoms with Crippen molar-refractivity contribution in [2.24, 2.45) is 4.99 Å². The van der Waals surface area contributed by atoms with Crippen molar-refractivity contribution in [2.45, 2.75) is 32.8 Å². The topological polar surface area (TPSA) is 59.6 Å². The maximum absolute atomic E-state index is 5.89. The van der Waals surface area contributed by atoms with Crippen LogP contribution in [0.4, 0.5) is 17.1 Å². The lowest BCUT2D eigenvalue weighted by atomic mass is 10.0. The molecule has 0 bridgehead atoms. The quantitative estimate of drug-likeness (QED) is 0.811. The highest BCUT2D eigenvalue weighted by molar-refractivity contribution is 6.01. The highest BCUT2D eigenvalue weighted by Gasteiger charge is 2.20. The Kier molecular flexibility index (Phi) is 3.75. The van der Waals surface area contributed by atoms with Crippen molar-refractivity contribution in [1.82, 2.24) is 0 Å². The van der Waals surface area contributed by atoms with E-state index in [1.807, 2.05) is 25.1 Å². The molecule has 3 rings (SSSR count). The fraction of sp³-hybridized carbons (Fsp3) is 0.278. The first-order chi connectivity index (χ1) is 10.5. The van der Waals surface area contributed by atoms with Crippen molar-refractivity contribution in [2.75, 3.05) is 11.1 Å². The summed E-state index contributed by atoms with van der Waals surface area (Å²) in [6.07, 6.45) is -0.140. The molecule has 0 radical (unpaired) electrons. The first kappa shape index (κ1) is 14.4. The summed E-state index contributed by atoms with van der Waals surface area (Å²) in [5.74, 6) is 2.06. The molecule has 3 N–H and O–H groups in total. The van der Waals surface area contributed by atoms with E-state index in [4.69, 9.17) is 10.5 Å². The monoisotopic (exact) mass is 295 g/mol. The molecule has 4 heteroatoms. The van der Waals surface area contributed by atoms with Crippen molar-refractivity contribution in [3.05, 3.63) is 48.0 Å². The van der Waals surface area contributed by atoms with Gasteiger partial charge in [0.1, 0.15) is 17.3 Å². The van der Waals surface area contributed by atoms with E-state index in [0.717, 1.165) is 23.0 Å². The van der Waals surface area contributed by atoms with E-state index in [1.54, 1.807) is 0 Å². The van der Waals surface area contributed by atoms with E-state index >= 15 is 0 Å². The highest BCUT2D eigenvalue weighted by Crippen LogP contribution is 2.34. The Morgan fingerprint density at radius 3 is 2.55 bits per heavy atom. The Hall–Kier alpha value is -2.49. The minimum Gasteiger partial charge on any atom is -0.480 e. The van der Waals surface area contributed by atoms with Crippen LogP contribution in [0.3, 0.4) is 0 Å². The molecular formula is C18H21N3O. The molecule has 4 nitrogen and oxygen atoms in total. The van der Waals surface area contributed by atoms with Gasteiger partial charge in [-0.15, -0.1) is 0 Å². The fourth-order valence-corrected chi connectivity index (χ4v) is 2.41. The van der Waals surface area contributed by atoms with Crippen LogP contribution in [0.25, 0.3) is 0 Å². The summed E-state index contributed by atoms with van der Waals surface area (Å²) in [5, 5.41) is 3.35. The van der Waals surface area contributed by atoms with Crippen molar-refractivity contribution in [3.8, 4) is 5.75 Å². The van der Waals surface area contributed by atoms with Gasteiger partial charge in [0.05, 0.1) is 0 Å².